The van der Waals surface area contributed by atoms with Gasteiger partial charge in [0.15, 0.2) is 11.6 Å². The number of carbonyl (C=O) groups is 1. The topological polar surface area (TPSA) is 109 Å². The van der Waals surface area contributed by atoms with E-state index in [1.807, 2.05) is 41.3 Å². The van der Waals surface area contributed by atoms with Crippen LogP contribution in [0.15, 0.2) is 72.0 Å². The Balaban J connectivity index is 1.13. The van der Waals surface area contributed by atoms with Crippen LogP contribution in [0.2, 0.25) is 0 Å². The molecule has 10 heteroatoms. The number of benzene rings is 1. The number of rotatable bonds is 6. The molecule has 1 aliphatic heterocycles. The third-order valence-corrected chi connectivity index (χ3v) is 5.84. The fraction of sp³-hybridized carbons (Fsp3) is 0.250. The van der Waals surface area contributed by atoms with E-state index in [1.165, 1.54) is 10.9 Å². The van der Waals surface area contributed by atoms with E-state index in [4.69, 9.17) is 0 Å². The van der Waals surface area contributed by atoms with Crippen molar-refractivity contribution in [3.63, 3.8) is 0 Å². The molecule has 0 atom stereocenters. The van der Waals surface area contributed by atoms with Gasteiger partial charge in [-0.3, -0.25) is 19.1 Å². The fourth-order valence-corrected chi connectivity index (χ4v) is 3.97. The van der Waals surface area contributed by atoms with E-state index in [2.05, 4.69) is 30.4 Å². The summed E-state index contributed by atoms with van der Waals surface area (Å²) in [7, 11) is 0. The van der Waals surface area contributed by atoms with E-state index in [0.717, 1.165) is 11.5 Å². The summed E-state index contributed by atoms with van der Waals surface area (Å²) in [5.74, 6) is 1.45. The number of aromatic nitrogens is 5. The van der Waals surface area contributed by atoms with Crippen LogP contribution in [0.3, 0.4) is 0 Å². The highest BCUT2D eigenvalue weighted by Crippen LogP contribution is 2.17. The maximum absolute atomic E-state index is 12.7. The van der Waals surface area contributed by atoms with Crippen LogP contribution >= 0.6 is 0 Å². The molecule has 0 spiro atoms. The summed E-state index contributed by atoms with van der Waals surface area (Å²) in [6.07, 6.45) is 5.21. The molecule has 0 radical (unpaired) electrons. The van der Waals surface area contributed by atoms with Crippen LogP contribution < -0.4 is 15.8 Å². The maximum atomic E-state index is 12.7. The second-order valence-corrected chi connectivity index (χ2v) is 8.02. The van der Waals surface area contributed by atoms with Gasteiger partial charge in [-0.1, -0.05) is 12.1 Å². The first-order chi connectivity index (χ1) is 16.7. The number of piperazine rings is 1. The van der Waals surface area contributed by atoms with Gasteiger partial charge in [-0.2, -0.15) is 0 Å². The summed E-state index contributed by atoms with van der Waals surface area (Å²) in [6, 6.07) is 14.8. The molecule has 1 amide bonds. The van der Waals surface area contributed by atoms with Crippen molar-refractivity contribution >= 4 is 34.1 Å². The van der Waals surface area contributed by atoms with Crippen LogP contribution in [0.1, 0.15) is 6.42 Å². The molecule has 34 heavy (non-hydrogen) atoms. The number of fused-ring (bicyclic) bond motifs is 1. The van der Waals surface area contributed by atoms with Crippen molar-refractivity contribution in [2.24, 2.45) is 0 Å². The molecule has 10 nitrogen and oxygen atoms in total. The average molecular weight is 457 g/mol. The predicted molar refractivity (Wildman–Crippen MR) is 129 cm³/mol. The first kappa shape index (κ1) is 21.5. The molecular formula is C24H24N8O2. The molecule has 0 saturated carbocycles. The molecule has 1 fully saturated rings. The Hall–Kier alpha value is -4.34. The van der Waals surface area contributed by atoms with Gasteiger partial charge in [-0.25, -0.2) is 4.98 Å². The SMILES string of the molecule is O=C(CCn1cnc2ccccc2c1=O)N1CCN(c2ccc(Nc3cccnc3)nn2)CC1. The number of nitrogens with zero attached hydrogens (tertiary/aromatic N) is 7. The molecule has 4 aromatic rings. The van der Waals surface area contributed by atoms with Crippen molar-refractivity contribution in [1.82, 2.24) is 29.6 Å². The number of hydrogen-bond donors (Lipinski definition) is 1. The normalized spacial score (nSPS) is 13.8. The summed E-state index contributed by atoms with van der Waals surface area (Å²) in [5.41, 5.74) is 1.39. The van der Waals surface area contributed by atoms with E-state index < -0.39 is 0 Å². The van der Waals surface area contributed by atoms with Gasteiger partial charge in [0.05, 0.1) is 29.1 Å². The van der Waals surface area contributed by atoms with Crippen molar-refractivity contribution in [3.05, 3.63) is 77.6 Å². The van der Waals surface area contributed by atoms with Gasteiger partial charge in [0.2, 0.25) is 5.91 Å². The van der Waals surface area contributed by atoms with E-state index >= 15 is 0 Å². The maximum Gasteiger partial charge on any atom is 0.261 e. The van der Waals surface area contributed by atoms with E-state index in [9.17, 15) is 9.59 Å². The van der Waals surface area contributed by atoms with Crippen molar-refractivity contribution < 1.29 is 4.79 Å². The third kappa shape index (κ3) is 4.70. The predicted octanol–water partition coefficient (Wildman–Crippen LogP) is 2.06. The number of hydrogen-bond acceptors (Lipinski definition) is 8. The quantitative estimate of drug-likeness (QED) is 0.470. The summed E-state index contributed by atoms with van der Waals surface area (Å²) in [4.78, 5) is 37.7. The Morgan fingerprint density at radius 1 is 0.971 bits per heavy atom. The zero-order valence-electron chi connectivity index (χ0n) is 18.5. The van der Waals surface area contributed by atoms with Gasteiger partial charge in [-0.15, -0.1) is 10.2 Å². The molecule has 0 bridgehead atoms. The summed E-state index contributed by atoms with van der Waals surface area (Å²) >= 11 is 0. The van der Waals surface area contributed by atoms with Crippen molar-refractivity contribution in [2.45, 2.75) is 13.0 Å². The van der Waals surface area contributed by atoms with Crippen LogP contribution in [-0.2, 0) is 11.3 Å². The first-order valence-electron chi connectivity index (χ1n) is 11.1. The van der Waals surface area contributed by atoms with Crippen LogP contribution in [-0.4, -0.2) is 61.7 Å². The molecule has 1 N–H and O–H groups in total. The lowest BCUT2D eigenvalue weighted by Gasteiger charge is -2.35. The summed E-state index contributed by atoms with van der Waals surface area (Å²) in [5, 5.41) is 12.3. The lowest BCUT2D eigenvalue weighted by molar-refractivity contribution is -0.131. The largest absolute Gasteiger partial charge is 0.352 e. The Morgan fingerprint density at radius 3 is 2.59 bits per heavy atom. The zero-order valence-corrected chi connectivity index (χ0v) is 18.5. The van der Waals surface area contributed by atoms with Gasteiger partial charge in [0.1, 0.15) is 0 Å². The Labute approximate surface area is 195 Å². The van der Waals surface area contributed by atoms with Crippen LogP contribution in [0.5, 0.6) is 0 Å². The van der Waals surface area contributed by atoms with Crippen LogP contribution in [0, 0.1) is 0 Å². The lowest BCUT2D eigenvalue weighted by Crippen LogP contribution is -2.49. The molecule has 0 unspecified atom stereocenters. The molecule has 5 rings (SSSR count). The monoisotopic (exact) mass is 456 g/mol. The molecule has 1 aromatic carbocycles. The van der Waals surface area contributed by atoms with Crippen molar-refractivity contribution in [1.29, 1.82) is 0 Å². The number of anilines is 3. The zero-order chi connectivity index (χ0) is 23.3. The number of nitrogens with one attached hydrogen (secondary N) is 1. The molecule has 4 heterocycles. The summed E-state index contributed by atoms with van der Waals surface area (Å²) in [6.45, 7) is 2.86. The third-order valence-electron chi connectivity index (χ3n) is 5.84. The second kappa shape index (κ2) is 9.65. The minimum Gasteiger partial charge on any atom is -0.352 e. The molecule has 0 aliphatic carbocycles. The van der Waals surface area contributed by atoms with Gasteiger partial charge in [0, 0.05) is 45.3 Å². The average Bonchev–Trinajstić information content (AvgIpc) is 2.89. The number of aryl methyl sites for hydroxylation is 1. The van der Waals surface area contributed by atoms with Crippen molar-refractivity contribution in [2.75, 3.05) is 36.4 Å². The molecule has 1 saturated heterocycles. The molecule has 172 valence electrons. The van der Waals surface area contributed by atoms with E-state index in [1.54, 1.807) is 24.5 Å². The van der Waals surface area contributed by atoms with E-state index in [0.29, 0.717) is 49.4 Å². The minimum atomic E-state index is -0.122. The second-order valence-electron chi connectivity index (χ2n) is 8.02. The smallest absolute Gasteiger partial charge is 0.261 e. The standard InChI is InChI=1S/C24H24N8O2/c33-23(9-11-32-17-26-20-6-2-1-5-19(20)24(32)34)31-14-12-30(13-15-31)22-8-7-21(28-29-22)27-18-4-3-10-25-16-18/h1-8,10,16-17H,9,11-15H2,(H,27,28). The molecule has 3 aromatic heterocycles. The summed E-state index contributed by atoms with van der Waals surface area (Å²) < 4.78 is 1.51. The Bertz CT molecular complexity index is 1330. The lowest BCUT2D eigenvalue weighted by atomic mass is 10.2. The Morgan fingerprint density at radius 2 is 1.82 bits per heavy atom. The van der Waals surface area contributed by atoms with Gasteiger partial charge in [0.25, 0.3) is 5.56 Å². The van der Waals surface area contributed by atoms with Crippen LogP contribution in [0.4, 0.5) is 17.3 Å². The highest BCUT2D eigenvalue weighted by Gasteiger charge is 2.22. The first-order valence-corrected chi connectivity index (χ1v) is 11.1. The van der Waals surface area contributed by atoms with Gasteiger partial charge < -0.3 is 15.1 Å². The number of amides is 1. The number of para-hydroxylation sites is 1. The van der Waals surface area contributed by atoms with E-state index in [-0.39, 0.29) is 17.9 Å². The highest BCUT2D eigenvalue weighted by molar-refractivity contribution is 5.78. The van der Waals surface area contributed by atoms with Crippen molar-refractivity contribution in [3.8, 4) is 0 Å². The molecular weight excluding hydrogens is 432 g/mol. The molecule has 1 aliphatic rings. The van der Waals surface area contributed by atoms with Crippen LogP contribution in [0.25, 0.3) is 10.9 Å². The highest BCUT2D eigenvalue weighted by atomic mass is 16.2. The number of pyridine rings is 1. The van der Waals surface area contributed by atoms with Gasteiger partial charge >= 0.3 is 0 Å². The number of carbonyl (C=O) groups excluding carboxylic acids is 1. The van der Waals surface area contributed by atoms with Gasteiger partial charge in [-0.05, 0) is 36.4 Å². The fourth-order valence-electron chi connectivity index (χ4n) is 3.97. The Kier molecular flexibility index (Phi) is 6.11. The minimum absolute atomic E-state index is 0.0295.